The SMILES string of the molecule is CN1C(=CC(=O)c2ccccc2C#N)N(c2ccccc2)C(=O)C1(c1ccncc1)c1ccncc1. The second kappa shape index (κ2) is 9.28. The fourth-order valence-corrected chi connectivity index (χ4v) is 4.70. The average Bonchev–Trinajstić information content (AvgIpc) is 3.16. The van der Waals surface area contributed by atoms with Gasteiger partial charge in [-0.2, -0.15) is 5.26 Å². The lowest BCUT2D eigenvalue weighted by atomic mass is 9.82. The predicted molar refractivity (Wildman–Crippen MR) is 135 cm³/mol. The van der Waals surface area contributed by atoms with E-state index in [0.29, 0.717) is 22.6 Å². The van der Waals surface area contributed by atoms with E-state index in [0.717, 1.165) is 0 Å². The Morgan fingerprint density at radius 3 is 2.00 bits per heavy atom. The molecule has 36 heavy (non-hydrogen) atoms. The number of pyridine rings is 2. The zero-order valence-corrected chi connectivity index (χ0v) is 19.4. The zero-order chi connectivity index (χ0) is 25.1. The Labute approximate surface area is 208 Å². The third-order valence-electron chi connectivity index (χ3n) is 6.37. The average molecular weight is 472 g/mol. The Kier molecular flexibility index (Phi) is 5.85. The van der Waals surface area contributed by atoms with Gasteiger partial charge in [-0.15, -0.1) is 0 Å². The number of nitrogens with zero attached hydrogens (tertiary/aromatic N) is 5. The normalized spacial score (nSPS) is 15.7. The van der Waals surface area contributed by atoms with Crippen LogP contribution in [0.4, 0.5) is 5.69 Å². The summed E-state index contributed by atoms with van der Waals surface area (Å²) >= 11 is 0. The lowest BCUT2D eigenvalue weighted by molar-refractivity contribution is -0.123. The van der Waals surface area contributed by atoms with Gasteiger partial charge < -0.3 is 4.90 Å². The fourth-order valence-electron chi connectivity index (χ4n) is 4.70. The van der Waals surface area contributed by atoms with Crippen molar-refractivity contribution in [3.05, 3.63) is 138 Å². The number of carbonyl (C=O) groups excluding carboxylic acids is 2. The Balaban J connectivity index is 1.77. The van der Waals surface area contributed by atoms with Crippen molar-refractivity contribution in [2.45, 2.75) is 5.54 Å². The number of amides is 1. The number of anilines is 1. The first-order chi connectivity index (χ1) is 17.6. The van der Waals surface area contributed by atoms with Crippen LogP contribution in [0.15, 0.2) is 116 Å². The molecule has 7 heteroatoms. The summed E-state index contributed by atoms with van der Waals surface area (Å²) in [5.74, 6) is -0.234. The van der Waals surface area contributed by atoms with Gasteiger partial charge in [-0.3, -0.25) is 24.5 Å². The molecule has 1 fully saturated rings. The maximum atomic E-state index is 14.5. The Bertz CT molecular complexity index is 1460. The third-order valence-corrected chi connectivity index (χ3v) is 6.37. The molecular formula is C29H21N5O2. The van der Waals surface area contributed by atoms with Gasteiger partial charge in [0.1, 0.15) is 5.82 Å². The summed E-state index contributed by atoms with van der Waals surface area (Å²) < 4.78 is 0. The maximum absolute atomic E-state index is 14.5. The van der Waals surface area contributed by atoms with E-state index in [9.17, 15) is 14.9 Å². The Morgan fingerprint density at radius 2 is 1.42 bits per heavy atom. The first-order valence-electron chi connectivity index (χ1n) is 11.3. The van der Waals surface area contributed by atoms with Crippen LogP contribution in [-0.4, -0.2) is 33.6 Å². The van der Waals surface area contributed by atoms with Gasteiger partial charge in [0, 0.05) is 43.5 Å². The van der Waals surface area contributed by atoms with E-state index in [2.05, 4.69) is 16.0 Å². The monoisotopic (exact) mass is 471 g/mol. The fraction of sp³-hybridized carbons (Fsp3) is 0.0690. The number of hydrogen-bond donors (Lipinski definition) is 0. The zero-order valence-electron chi connectivity index (χ0n) is 19.4. The molecule has 0 N–H and O–H groups in total. The van der Waals surface area contributed by atoms with Crippen LogP contribution < -0.4 is 4.90 Å². The van der Waals surface area contributed by atoms with E-state index >= 15 is 0 Å². The highest BCUT2D eigenvalue weighted by molar-refractivity contribution is 6.12. The molecule has 2 aromatic heterocycles. The number of para-hydroxylation sites is 1. The van der Waals surface area contributed by atoms with Crippen LogP contribution in [0.3, 0.4) is 0 Å². The van der Waals surface area contributed by atoms with Gasteiger partial charge in [0.05, 0.1) is 17.3 Å². The van der Waals surface area contributed by atoms with Crippen LogP contribution in [0, 0.1) is 11.3 Å². The number of carbonyl (C=O) groups is 2. The summed E-state index contributed by atoms with van der Waals surface area (Å²) in [6.07, 6.45) is 7.99. The molecule has 7 nitrogen and oxygen atoms in total. The molecule has 0 atom stereocenters. The molecule has 174 valence electrons. The minimum absolute atomic E-state index is 0.249. The topological polar surface area (TPSA) is 90.2 Å². The lowest BCUT2D eigenvalue weighted by Gasteiger charge is -2.35. The second-order valence-electron chi connectivity index (χ2n) is 8.24. The Hall–Kier alpha value is -5.09. The van der Waals surface area contributed by atoms with Gasteiger partial charge in [0.25, 0.3) is 5.91 Å². The first kappa shape index (κ1) is 22.7. The van der Waals surface area contributed by atoms with Crippen molar-refractivity contribution in [2.75, 3.05) is 11.9 Å². The summed E-state index contributed by atoms with van der Waals surface area (Å²) in [6.45, 7) is 0. The molecule has 0 spiro atoms. The number of benzene rings is 2. The van der Waals surface area contributed by atoms with Crippen molar-refractivity contribution < 1.29 is 9.59 Å². The van der Waals surface area contributed by atoms with Crippen LogP contribution in [-0.2, 0) is 10.3 Å². The molecule has 1 aliphatic rings. The van der Waals surface area contributed by atoms with Crippen molar-refractivity contribution in [1.29, 1.82) is 5.26 Å². The smallest absolute Gasteiger partial charge is 0.267 e. The number of nitriles is 1. The van der Waals surface area contributed by atoms with E-state index in [1.54, 1.807) is 90.2 Å². The van der Waals surface area contributed by atoms with E-state index in [4.69, 9.17) is 0 Å². The standard InChI is InChI=1S/C29H21N5O2/c1-33-27(19-26(35)25-10-6-5-7-21(25)20-30)34(24-8-3-2-4-9-24)28(36)29(33,22-11-15-31-16-12-22)23-13-17-32-18-14-23/h2-19H,1H3. The molecule has 0 saturated carbocycles. The summed E-state index contributed by atoms with van der Waals surface area (Å²) in [4.78, 5) is 39.6. The van der Waals surface area contributed by atoms with Gasteiger partial charge in [-0.25, -0.2) is 0 Å². The summed E-state index contributed by atoms with van der Waals surface area (Å²) in [7, 11) is 1.79. The largest absolute Gasteiger partial charge is 0.339 e. The maximum Gasteiger partial charge on any atom is 0.267 e. The van der Waals surface area contributed by atoms with E-state index < -0.39 is 5.54 Å². The molecule has 3 heterocycles. The molecule has 0 radical (unpaired) electrons. The number of aromatic nitrogens is 2. The van der Waals surface area contributed by atoms with Gasteiger partial charge in [0.2, 0.25) is 0 Å². The molecule has 0 aliphatic carbocycles. The van der Waals surface area contributed by atoms with Crippen LogP contribution in [0.25, 0.3) is 0 Å². The van der Waals surface area contributed by atoms with Crippen molar-refractivity contribution in [1.82, 2.24) is 14.9 Å². The van der Waals surface area contributed by atoms with Gasteiger partial charge in [-0.1, -0.05) is 30.3 Å². The highest BCUT2D eigenvalue weighted by Crippen LogP contribution is 2.47. The molecule has 5 rings (SSSR count). The lowest BCUT2D eigenvalue weighted by Crippen LogP contribution is -2.45. The molecule has 1 amide bonds. The molecule has 1 saturated heterocycles. The van der Waals surface area contributed by atoms with Gasteiger partial charge >= 0.3 is 0 Å². The highest BCUT2D eigenvalue weighted by atomic mass is 16.2. The Morgan fingerprint density at radius 1 is 0.861 bits per heavy atom. The quantitative estimate of drug-likeness (QED) is 0.319. The van der Waals surface area contributed by atoms with Crippen LogP contribution in [0.5, 0.6) is 0 Å². The third kappa shape index (κ3) is 3.53. The highest BCUT2D eigenvalue weighted by Gasteiger charge is 2.56. The van der Waals surface area contributed by atoms with E-state index in [1.807, 2.05) is 30.3 Å². The van der Waals surface area contributed by atoms with Crippen LogP contribution >= 0.6 is 0 Å². The number of hydrogen-bond acceptors (Lipinski definition) is 6. The molecule has 2 aromatic carbocycles. The number of likely N-dealkylation sites (N-methyl/N-ethyl adjacent to an activating group) is 1. The number of rotatable bonds is 5. The molecule has 0 bridgehead atoms. The van der Waals surface area contributed by atoms with Crippen molar-refractivity contribution >= 4 is 17.4 Å². The minimum Gasteiger partial charge on any atom is -0.339 e. The summed E-state index contributed by atoms with van der Waals surface area (Å²) in [5.41, 5.74) is 1.28. The molecular weight excluding hydrogens is 450 g/mol. The van der Waals surface area contributed by atoms with Gasteiger partial charge in [-0.05, 0) is 59.7 Å². The van der Waals surface area contributed by atoms with Crippen molar-refractivity contribution in [3.8, 4) is 6.07 Å². The van der Waals surface area contributed by atoms with E-state index in [1.165, 1.54) is 6.08 Å². The minimum atomic E-state index is -1.28. The van der Waals surface area contributed by atoms with Crippen LogP contribution in [0.1, 0.15) is 27.0 Å². The number of ketones is 1. The molecule has 0 unspecified atom stereocenters. The van der Waals surface area contributed by atoms with Crippen molar-refractivity contribution in [2.24, 2.45) is 0 Å². The van der Waals surface area contributed by atoms with Crippen molar-refractivity contribution in [3.63, 3.8) is 0 Å². The summed E-state index contributed by atoms with van der Waals surface area (Å²) in [6, 6.07) is 25.1. The summed E-state index contributed by atoms with van der Waals surface area (Å²) in [5, 5.41) is 9.52. The van der Waals surface area contributed by atoms with Gasteiger partial charge in [0.15, 0.2) is 11.3 Å². The predicted octanol–water partition coefficient (Wildman–Crippen LogP) is 4.29. The van der Waals surface area contributed by atoms with Crippen LogP contribution in [0.2, 0.25) is 0 Å². The first-order valence-corrected chi connectivity index (χ1v) is 11.3. The molecule has 1 aliphatic heterocycles. The van der Waals surface area contributed by atoms with E-state index in [-0.39, 0.29) is 22.8 Å². The second-order valence-corrected chi connectivity index (χ2v) is 8.24. The number of allylic oxidation sites excluding steroid dienone is 1. The molecule has 4 aromatic rings.